The van der Waals surface area contributed by atoms with Gasteiger partial charge in [-0.1, -0.05) is 23.2 Å². The first-order chi connectivity index (χ1) is 16.4. The summed E-state index contributed by atoms with van der Waals surface area (Å²) in [6.45, 7) is 1.95. The van der Waals surface area contributed by atoms with E-state index >= 15 is 0 Å². The average molecular weight is 507 g/mol. The van der Waals surface area contributed by atoms with E-state index in [1.807, 2.05) is 12.3 Å². The first kappa shape index (κ1) is 24.5. The highest BCUT2D eigenvalue weighted by Gasteiger charge is 2.27. The van der Waals surface area contributed by atoms with Crippen molar-refractivity contribution in [2.45, 2.75) is 38.8 Å². The van der Waals surface area contributed by atoms with Crippen LogP contribution in [0, 0.1) is 0 Å². The summed E-state index contributed by atoms with van der Waals surface area (Å²) in [4.78, 5) is 29.0. The maximum Gasteiger partial charge on any atom is 0.248 e. The molecule has 3 aromatic rings. The molecule has 9 nitrogen and oxygen atoms in total. The summed E-state index contributed by atoms with van der Waals surface area (Å²) in [5.74, 6) is -0.302. The van der Waals surface area contributed by atoms with E-state index in [2.05, 4.69) is 15.4 Å². The molecule has 34 heavy (non-hydrogen) atoms. The van der Waals surface area contributed by atoms with Crippen molar-refractivity contribution in [1.29, 1.82) is 0 Å². The third-order valence-corrected chi connectivity index (χ3v) is 6.86. The quantitative estimate of drug-likeness (QED) is 0.331. The predicted molar refractivity (Wildman–Crippen MR) is 132 cm³/mol. The molecule has 2 amide bonds. The largest absolute Gasteiger partial charge is 0.387 e. The van der Waals surface area contributed by atoms with Gasteiger partial charge in [-0.15, -0.1) is 0 Å². The Kier molecular flexibility index (Phi) is 7.77. The molecule has 0 atom stereocenters. The monoisotopic (exact) mass is 506 g/mol. The number of aliphatic hydroxyl groups excluding tert-OH is 1. The number of nitrogens with two attached hydrogens (primary N) is 1. The number of aromatic nitrogens is 3. The lowest BCUT2D eigenvalue weighted by Crippen LogP contribution is -2.37. The fraction of sp³-hybridized carbons (Fsp3) is 0.435. The number of hydrogen-bond donors (Lipinski definition) is 4. The highest BCUT2D eigenvalue weighted by Crippen LogP contribution is 2.41. The van der Waals surface area contributed by atoms with Gasteiger partial charge in [0.1, 0.15) is 6.61 Å². The van der Waals surface area contributed by atoms with E-state index in [0.717, 1.165) is 35.0 Å². The number of unbranched alkanes of at least 4 members (excludes halogenated alkanes) is 1. The minimum absolute atomic E-state index is 0.00736. The summed E-state index contributed by atoms with van der Waals surface area (Å²) < 4.78 is 1.77. The molecule has 0 saturated carbocycles. The number of carbonyl (C=O) groups is 2. The molecule has 0 fully saturated rings. The van der Waals surface area contributed by atoms with Gasteiger partial charge in [-0.05, 0) is 31.5 Å². The van der Waals surface area contributed by atoms with Gasteiger partial charge in [0.05, 0.1) is 27.8 Å². The van der Waals surface area contributed by atoms with Crippen molar-refractivity contribution in [1.82, 2.24) is 25.0 Å². The van der Waals surface area contributed by atoms with Crippen LogP contribution in [-0.2, 0) is 29.1 Å². The molecule has 4 rings (SSSR count). The first-order valence-corrected chi connectivity index (χ1v) is 12.1. The third-order valence-electron chi connectivity index (χ3n) is 6.07. The summed E-state index contributed by atoms with van der Waals surface area (Å²) in [5, 5.41) is 18.6. The van der Waals surface area contributed by atoms with Crippen LogP contribution < -0.4 is 11.1 Å². The normalized spacial score (nSPS) is 13.4. The summed E-state index contributed by atoms with van der Waals surface area (Å²) in [5.41, 5.74) is 9.65. The molecular formula is C23H28Cl2N6O3. The topological polar surface area (TPSA) is 129 Å². The molecule has 0 radical (unpaired) electrons. The van der Waals surface area contributed by atoms with Crippen LogP contribution in [0.2, 0.25) is 10.0 Å². The molecule has 1 aromatic carbocycles. The van der Waals surface area contributed by atoms with Crippen LogP contribution in [0.15, 0.2) is 18.3 Å². The number of nitrogens with zero attached hydrogens (tertiary/aromatic N) is 3. The van der Waals surface area contributed by atoms with E-state index in [9.17, 15) is 14.7 Å². The van der Waals surface area contributed by atoms with Gasteiger partial charge in [0.2, 0.25) is 11.8 Å². The minimum Gasteiger partial charge on any atom is -0.387 e. The van der Waals surface area contributed by atoms with Crippen LogP contribution in [0.1, 0.15) is 30.5 Å². The summed E-state index contributed by atoms with van der Waals surface area (Å²) >= 11 is 13.0. The van der Waals surface area contributed by atoms with Gasteiger partial charge in [-0.3, -0.25) is 14.3 Å². The minimum atomic E-state index is -0.523. The number of nitrogens with one attached hydrogen (secondary N) is 2. The highest BCUT2D eigenvalue weighted by molar-refractivity contribution is 6.45. The van der Waals surface area contributed by atoms with Gasteiger partial charge >= 0.3 is 0 Å². The van der Waals surface area contributed by atoms with E-state index < -0.39 is 6.61 Å². The molecule has 0 bridgehead atoms. The van der Waals surface area contributed by atoms with E-state index in [0.29, 0.717) is 66.8 Å². The lowest BCUT2D eigenvalue weighted by molar-refractivity contribution is -0.135. The number of H-pyrrole nitrogens is 1. The third kappa shape index (κ3) is 5.07. The van der Waals surface area contributed by atoms with Crippen molar-refractivity contribution in [3.05, 3.63) is 39.6 Å². The number of rotatable bonds is 9. The van der Waals surface area contributed by atoms with Gasteiger partial charge < -0.3 is 26.0 Å². The van der Waals surface area contributed by atoms with Gasteiger partial charge in [0.25, 0.3) is 0 Å². The van der Waals surface area contributed by atoms with Crippen LogP contribution in [-0.4, -0.2) is 62.8 Å². The molecule has 0 spiro atoms. The van der Waals surface area contributed by atoms with Crippen LogP contribution >= 0.6 is 23.2 Å². The van der Waals surface area contributed by atoms with Crippen LogP contribution in [0.4, 0.5) is 0 Å². The number of aliphatic hydroxyl groups is 1. The van der Waals surface area contributed by atoms with E-state index in [1.54, 1.807) is 15.6 Å². The van der Waals surface area contributed by atoms with Crippen molar-refractivity contribution in [3.63, 3.8) is 0 Å². The van der Waals surface area contributed by atoms with E-state index in [1.165, 1.54) is 0 Å². The van der Waals surface area contributed by atoms with E-state index in [4.69, 9.17) is 28.9 Å². The van der Waals surface area contributed by atoms with Crippen molar-refractivity contribution in [2.24, 2.45) is 5.73 Å². The Morgan fingerprint density at radius 2 is 2.12 bits per heavy atom. The van der Waals surface area contributed by atoms with Crippen LogP contribution in [0.25, 0.3) is 22.2 Å². The second-order valence-electron chi connectivity index (χ2n) is 8.34. The zero-order chi connectivity index (χ0) is 24.2. The SMILES string of the molecule is NCCCCC(=O)NCCn1ccc(-c2cc(Cl)c(Cl)c3[nH]c4c(c23)CN(C(=O)CO)CC4)n1. The maximum atomic E-state index is 12.1. The molecule has 0 saturated heterocycles. The Morgan fingerprint density at radius 1 is 1.29 bits per heavy atom. The van der Waals surface area contributed by atoms with Gasteiger partial charge in [0.15, 0.2) is 0 Å². The number of halogens is 2. The molecule has 5 N–H and O–H groups in total. The molecule has 1 aliphatic rings. The number of hydrogen-bond acceptors (Lipinski definition) is 5. The van der Waals surface area contributed by atoms with Crippen molar-refractivity contribution >= 4 is 45.9 Å². The Balaban J connectivity index is 1.57. The summed E-state index contributed by atoms with van der Waals surface area (Å²) in [7, 11) is 0. The summed E-state index contributed by atoms with van der Waals surface area (Å²) in [6.07, 6.45) is 4.57. The standard InChI is InChI=1S/C23H28Cl2N6O3/c24-16-11-14(18-5-9-31(29-18)10-7-27-19(33)3-1-2-6-26)21-15-12-30(20(34)13-32)8-4-17(15)28-23(21)22(16)25/h5,9,11,28,32H,1-4,6-8,10,12-13,26H2,(H,27,33). The van der Waals surface area contributed by atoms with Crippen molar-refractivity contribution < 1.29 is 14.7 Å². The highest BCUT2D eigenvalue weighted by atomic mass is 35.5. The molecule has 3 heterocycles. The fourth-order valence-electron chi connectivity index (χ4n) is 4.31. The average Bonchev–Trinajstić information content (AvgIpc) is 3.46. The zero-order valence-corrected chi connectivity index (χ0v) is 20.3. The van der Waals surface area contributed by atoms with Gasteiger partial charge in [-0.2, -0.15) is 5.10 Å². The fourth-order valence-corrected chi connectivity index (χ4v) is 4.71. The number of carbonyl (C=O) groups excluding carboxylic acids is 2. The molecule has 0 aliphatic carbocycles. The van der Waals surface area contributed by atoms with Crippen molar-refractivity contribution in [3.8, 4) is 11.3 Å². The molecular weight excluding hydrogens is 479 g/mol. The van der Waals surface area contributed by atoms with Gasteiger partial charge in [0, 0.05) is 60.9 Å². The molecule has 182 valence electrons. The summed E-state index contributed by atoms with van der Waals surface area (Å²) in [6, 6.07) is 3.68. The van der Waals surface area contributed by atoms with Crippen LogP contribution in [0.3, 0.4) is 0 Å². The molecule has 1 aliphatic heterocycles. The second kappa shape index (κ2) is 10.8. The Bertz CT molecular complexity index is 1210. The first-order valence-electron chi connectivity index (χ1n) is 11.3. The number of fused-ring (bicyclic) bond motifs is 3. The number of amides is 2. The van der Waals surface area contributed by atoms with Crippen LogP contribution in [0.5, 0.6) is 0 Å². The predicted octanol–water partition coefficient (Wildman–Crippen LogP) is 2.46. The molecule has 0 unspecified atom stereocenters. The second-order valence-corrected chi connectivity index (χ2v) is 9.12. The van der Waals surface area contributed by atoms with Gasteiger partial charge in [-0.25, -0.2) is 0 Å². The lowest BCUT2D eigenvalue weighted by Gasteiger charge is -2.26. The maximum absolute atomic E-state index is 12.1. The number of aromatic amines is 1. The lowest BCUT2D eigenvalue weighted by atomic mass is 9.99. The van der Waals surface area contributed by atoms with E-state index in [-0.39, 0.29) is 11.8 Å². The Hall–Kier alpha value is -2.59. The zero-order valence-electron chi connectivity index (χ0n) is 18.7. The smallest absolute Gasteiger partial charge is 0.248 e. The van der Waals surface area contributed by atoms with Crippen molar-refractivity contribution in [2.75, 3.05) is 26.2 Å². The number of benzene rings is 1. The molecule has 11 heteroatoms. The Morgan fingerprint density at radius 3 is 2.88 bits per heavy atom. The molecule has 2 aromatic heterocycles. The Labute approximate surface area is 207 Å².